The van der Waals surface area contributed by atoms with Crippen LogP contribution in [0.15, 0.2) is 18.5 Å². The van der Waals surface area contributed by atoms with Gasteiger partial charge in [0.05, 0.1) is 11.2 Å². The minimum absolute atomic E-state index is 0.411. The lowest BCUT2D eigenvalue weighted by Crippen LogP contribution is -2.23. The maximum atomic E-state index is 6.33. The molecule has 2 N–H and O–H groups in total. The minimum Gasteiger partial charge on any atom is -0.369 e. The number of hydrogen-bond donors (Lipinski definition) is 2. The molecule has 2 aliphatic carbocycles. The van der Waals surface area contributed by atoms with E-state index >= 15 is 0 Å². The fourth-order valence-corrected chi connectivity index (χ4v) is 3.46. The highest BCUT2D eigenvalue weighted by molar-refractivity contribution is 6.32. The summed E-state index contributed by atoms with van der Waals surface area (Å²) in [6.45, 7) is 3.21. The van der Waals surface area contributed by atoms with Crippen molar-refractivity contribution in [3.63, 3.8) is 0 Å². The minimum atomic E-state index is 0.411. The Morgan fingerprint density at radius 2 is 1.96 bits per heavy atom. The van der Waals surface area contributed by atoms with Crippen molar-refractivity contribution in [1.82, 2.24) is 19.9 Å². The van der Waals surface area contributed by atoms with E-state index in [0.717, 1.165) is 25.2 Å². The van der Waals surface area contributed by atoms with Gasteiger partial charge in [0.25, 0.3) is 0 Å². The second-order valence-corrected chi connectivity index (χ2v) is 8.21. The molecular formula is C19H25ClN6. The van der Waals surface area contributed by atoms with Crippen molar-refractivity contribution in [3.8, 4) is 11.5 Å². The van der Waals surface area contributed by atoms with Gasteiger partial charge in [-0.2, -0.15) is 0 Å². The smallest absolute Gasteiger partial charge is 0.223 e. The van der Waals surface area contributed by atoms with E-state index < -0.39 is 0 Å². The first-order valence-corrected chi connectivity index (χ1v) is 9.86. The van der Waals surface area contributed by atoms with Gasteiger partial charge in [-0.3, -0.25) is 0 Å². The van der Waals surface area contributed by atoms with Gasteiger partial charge in [0.15, 0.2) is 5.82 Å². The van der Waals surface area contributed by atoms with E-state index in [1.165, 1.54) is 32.1 Å². The van der Waals surface area contributed by atoms with Crippen LogP contribution >= 0.6 is 11.6 Å². The molecule has 2 aromatic rings. The third kappa shape index (κ3) is 4.23. The highest BCUT2D eigenvalue weighted by atomic mass is 35.5. The normalized spacial score (nSPS) is 19.2. The molecule has 0 saturated heterocycles. The zero-order valence-electron chi connectivity index (χ0n) is 15.1. The molecule has 2 fully saturated rings. The zero-order valence-corrected chi connectivity index (χ0v) is 15.9. The first-order chi connectivity index (χ1) is 12.6. The summed E-state index contributed by atoms with van der Waals surface area (Å²) in [6, 6.07) is 2.32. The molecule has 0 bridgehead atoms. The molecule has 26 heavy (non-hydrogen) atoms. The van der Waals surface area contributed by atoms with Crippen molar-refractivity contribution in [1.29, 1.82) is 0 Å². The Hall–Kier alpha value is -1.95. The Labute approximate surface area is 159 Å². The third-order valence-electron chi connectivity index (χ3n) is 5.35. The molecule has 0 aliphatic heterocycles. The largest absolute Gasteiger partial charge is 0.369 e. The molecule has 138 valence electrons. The summed E-state index contributed by atoms with van der Waals surface area (Å²) in [5, 5.41) is 7.30. The molecular weight excluding hydrogens is 348 g/mol. The fourth-order valence-electron chi connectivity index (χ4n) is 3.29. The van der Waals surface area contributed by atoms with Gasteiger partial charge in [-0.25, -0.2) is 19.9 Å². The van der Waals surface area contributed by atoms with Crippen molar-refractivity contribution < 1.29 is 0 Å². The molecule has 4 rings (SSSR count). The molecule has 2 aromatic heterocycles. The molecule has 0 radical (unpaired) electrons. The van der Waals surface area contributed by atoms with E-state index in [2.05, 4.69) is 37.5 Å². The van der Waals surface area contributed by atoms with Crippen LogP contribution < -0.4 is 10.6 Å². The molecule has 6 nitrogen and oxygen atoms in total. The molecule has 0 spiro atoms. The zero-order chi connectivity index (χ0) is 18.0. The van der Waals surface area contributed by atoms with Crippen molar-refractivity contribution in [2.75, 3.05) is 17.2 Å². The third-order valence-corrected chi connectivity index (χ3v) is 5.63. The summed E-state index contributed by atoms with van der Waals surface area (Å²) >= 11 is 6.33. The predicted molar refractivity (Wildman–Crippen MR) is 104 cm³/mol. The molecule has 0 aromatic carbocycles. The number of rotatable bonds is 6. The lowest BCUT2D eigenvalue weighted by Gasteiger charge is -2.22. The summed E-state index contributed by atoms with van der Waals surface area (Å²) in [7, 11) is 0. The van der Waals surface area contributed by atoms with Crippen molar-refractivity contribution in [3.05, 3.63) is 23.5 Å². The van der Waals surface area contributed by atoms with E-state index in [1.807, 2.05) is 6.07 Å². The van der Waals surface area contributed by atoms with Gasteiger partial charge in [-0.1, -0.05) is 37.8 Å². The first kappa shape index (κ1) is 17.5. The van der Waals surface area contributed by atoms with Crippen LogP contribution in [0.25, 0.3) is 11.5 Å². The van der Waals surface area contributed by atoms with Gasteiger partial charge in [0, 0.05) is 18.8 Å². The fraction of sp³-hybridized carbons (Fsp3) is 0.579. The van der Waals surface area contributed by atoms with Crippen LogP contribution in [0.1, 0.15) is 51.9 Å². The maximum absolute atomic E-state index is 6.33. The van der Waals surface area contributed by atoms with E-state index in [1.54, 1.807) is 12.4 Å². The Kier molecular flexibility index (Phi) is 4.94. The monoisotopic (exact) mass is 372 g/mol. The van der Waals surface area contributed by atoms with Crippen LogP contribution in [0, 0.1) is 5.41 Å². The average Bonchev–Trinajstić information content (AvgIpc) is 3.41. The number of nitrogens with zero attached hydrogens (tertiary/aromatic N) is 4. The van der Waals surface area contributed by atoms with E-state index in [-0.39, 0.29) is 0 Å². The quantitative estimate of drug-likeness (QED) is 0.775. The van der Waals surface area contributed by atoms with Crippen LogP contribution in [0.3, 0.4) is 0 Å². The van der Waals surface area contributed by atoms with Gasteiger partial charge in [-0.05, 0) is 37.2 Å². The highest BCUT2D eigenvalue weighted by Crippen LogP contribution is 2.44. The van der Waals surface area contributed by atoms with Crippen molar-refractivity contribution in [2.24, 2.45) is 5.41 Å². The molecule has 2 saturated carbocycles. The molecule has 7 heteroatoms. The summed E-state index contributed by atoms with van der Waals surface area (Å²) < 4.78 is 0. The molecule has 2 aliphatic rings. The molecule has 0 amide bonds. The van der Waals surface area contributed by atoms with Gasteiger partial charge in [0.2, 0.25) is 5.95 Å². The van der Waals surface area contributed by atoms with E-state index in [0.29, 0.717) is 33.9 Å². The first-order valence-electron chi connectivity index (χ1n) is 9.48. The van der Waals surface area contributed by atoms with Crippen LogP contribution in [-0.4, -0.2) is 32.5 Å². The molecule has 0 unspecified atom stereocenters. The van der Waals surface area contributed by atoms with Crippen LogP contribution in [0.4, 0.5) is 11.8 Å². The summed E-state index contributed by atoms with van der Waals surface area (Å²) in [5.41, 5.74) is 0.982. The lowest BCUT2D eigenvalue weighted by atomic mass is 9.96. The highest BCUT2D eigenvalue weighted by Gasteiger charge is 2.36. The van der Waals surface area contributed by atoms with Gasteiger partial charge >= 0.3 is 0 Å². The predicted octanol–water partition coefficient (Wildman–Crippen LogP) is 4.54. The van der Waals surface area contributed by atoms with E-state index in [9.17, 15) is 0 Å². The van der Waals surface area contributed by atoms with Crippen molar-refractivity contribution >= 4 is 23.4 Å². The van der Waals surface area contributed by atoms with Crippen LogP contribution in [0.5, 0.6) is 0 Å². The summed E-state index contributed by atoms with van der Waals surface area (Å²) in [5.74, 6) is 1.93. The Bertz CT molecular complexity index is 770. The maximum Gasteiger partial charge on any atom is 0.223 e. The Morgan fingerprint density at radius 3 is 2.73 bits per heavy atom. The van der Waals surface area contributed by atoms with E-state index in [4.69, 9.17) is 11.6 Å². The van der Waals surface area contributed by atoms with Crippen LogP contribution in [0.2, 0.25) is 5.02 Å². The Morgan fingerprint density at radius 1 is 1.15 bits per heavy atom. The standard InChI is InChI=1S/C19H25ClN6/c1-19(8-9-19)12-23-15-7-10-21-17(25-15)16-14(20)11-22-18(26-16)24-13-5-3-2-4-6-13/h7,10-11,13H,2-6,8-9,12H2,1H3,(H,21,23,25)(H,22,24,26). The summed E-state index contributed by atoms with van der Waals surface area (Å²) in [6.07, 6.45) is 12.1. The summed E-state index contributed by atoms with van der Waals surface area (Å²) in [4.78, 5) is 17.9. The topological polar surface area (TPSA) is 75.6 Å². The lowest BCUT2D eigenvalue weighted by molar-refractivity contribution is 0.461. The van der Waals surface area contributed by atoms with Crippen molar-refractivity contribution in [2.45, 2.75) is 57.9 Å². The van der Waals surface area contributed by atoms with Crippen LogP contribution in [-0.2, 0) is 0 Å². The van der Waals surface area contributed by atoms with Gasteiger partial charge in [-0.15, -0.1) is 0 Å². The number of nitrogens with one attached hydrogen (secondary N) is 2. The average molecular weight is 373 g/mol. The molecule has 0 atom stereocenters. The SMILES string of the molecule is CC1(CNc2ccnc(-c3nc(NC4CCCCC4)ncc3Cl)n2)CC1. The number of hydrogen-bond acceptors (Lipinski definition) is 6. The number of aromatic nitrogens is 4. The number of anilines is 2. The van der Waals surface area contributed by atoms with Gasteiger partial charge in [0.1, 0.15) is 11.5 Å². The Balaban J connectivity index is 1.51. The molecule has 2 heterocycles. The second-order valence-electron chi connectivity index (χ2n) is 7.80. The van der Waals surface area contributed by atoms with Gasteiger partial charge < -0.3 is 10.6 Å². The number of halogens is 1. The second kappa shape index (κ2) is 7.35.